The summed E-state index contributed by atoms with van der Waals surface area (Å²) in [6.07, 6.45) is 1.04. The first-order chi connectivity index (χ1) is 15.8. The minimum Gasteiger partial charge on any atom is -0.370 e. The molecule has 0 bridgehead atoms. The Labute approximate surface area is 194 Å². The number of carbonyl (C=O) groups excluding carboxylic acids is 1. The van der Waals surface area contributed by atoms with Crippen molar-refractivity contribution < 1.29 is 18.0 Å². The zero-order valence-electron chi connectivity index (χ0n) is 17.6. The Bertz CT molecular complexity index is 1090. The predicted molar refractivity (Wildman–Crippen MR) is 120 cm³/mol. The largest absolute Gasteiger partial charge is 0.417 e. The van der Waals surface area contributed by atoms with Crippen LogP contribution in [0.3, 0.4) is 0 Å². The molecule has 174 valence electrons. The zero-order valence-corrected chi connectivity index (χ0v) is 18.4. The van der Waals surface area contributed by atoms with E-state index in [9.17, 15) is 18.0 Å². The van der Waals surface area contributed by atoms with E-state index in [2.05, 4.69) is 25.8 Å². The average molecular weight is 478 g/mol. The van der Waals surface area contributed by atoms with Gasteiger partial charge in [-0.05, 0) is 43.2 Å². The molecule has 1 fully saturated rings. The lowest BCUT2D eigenvalue weighted by Gasteiger charge is -2.29. The van der Waals surface area contributed by atoms with Crippen molar-refractivity contribution in [1.29, 1.82) is 0 Å². The summed E-state index contributed by atoms with van der Waals surface area (Å²) in [6.45, 7) is 0.756. The molecular weight excluding hydrogens is 455 g/mol. The van der Waals surface area contributed by atoms with Gasteiger partial charge in [0.05, 0.1) is 17.3 Å². The van der Waals surface area contributed by atoms with E-state index in [-0.39, 0.29) is 16.8 Å². The van der Waals surface area contributed by atoms with E-state index in [4.69, 9.17) is 11.6 Å². The molecule has 0 unspecified atom stereocenters. The molecule has 0 radical (unpaired) electrons. The first-order valence-corrected chi connectivity index (χ1v) is 11.1. The van der Waals surface area contributed by atoms with Gasteiger partial charge in [-0.1, -0.05) is 41.9 Å². The number of pyridine rings is 1. The molecule has 1 aromatic carbocycles. The molecule has 1 amide bonds. The first kappa shape index (κ1) is 23.1. The van der Waals surface area contributed by atoms with Gasteiger partial charge in [-0.3, -0.25) is 9.89 Å². The van der Waals surface area contributed by atoms with Gasteiger partial charge in [-0.25, -0.2) is 4.98 Å². The van der Waals surface area contributed by atoms with Gasteiger partial charge in [0, 0.05) is 24.3 Å². The maximum atomic E-state index is 12.9. The second-order valence-corrected chi connectivity index (χ2v) is 8.51. The quantitative estimate of drug-likeness (QED) is 0.407. The van der Waals surface area contributed by atoms with Crippen molar-refractivity contribution in [3.63, 3.8) is 0 Å². The zero-order chi connectivity index (χ0) is 23.4. The smallest absolute Gasteiger partial charge is 0.370 e. The summed E-state index contributed by atoms with van der Waals surface area (Å²) in [4.78, 5) is 16.0. The highest BCUT2D eigenvalue weighted by Crippen LogP contribution is 2.31. The number of nitrogens with zero attached hydrogens (tertiary/aromatic N) is 2. The van der Waals surface area contributed by atoms with Crippen LogP contribution in [0.15, 0.2) is 48.8 Å². The van der Waals surface area contributed by atoms with Gasteiger partial charge in [0.1, 0.15) is 11.0 Å². The fourth-order valence-corrected chi connectivity index (χ4v) is 4.23. The Morgan fingerprint density at radius 1 is 1.12 bits per heavy atom. The van der Waals surface area contributed by atoms with E-state index in [1.807, 2.05) is 30.3 Å². The molecule has 0 aliphatic heterocycles. The number of alkyl halides is 3. The van der Waals surface area contributed by atoms with Crippen LogP contribution in [0, 0.1) is 5.92 Å². The molecular formula is C23H23ClF3N5O. The second kappa shape index (κ2) is 9.82. The Morgan fingerprint density at radius 2 is 1.85 bits per heavy atom. The number of benzene rings is 1. The molecule has 0 saturated heterocycles. The lowest BCUT2D eigenvalue weighted by molar-refractivity contribution is -0.137. The van der Waals surface area contributed by atoms with Crippen LogP contribution in [-0.2, 0) is 6.18 Å². The SMILES string of the molecule is O=C(NC1CCC(CNc2[nH]ncc2-c2ccccc2)CC1)c1cc(C(F)(F)F)cnc1Cl. The number of aromatic amines is 1. The summed E-state index contributed by atoms with van der Waals surface area (Å²) < 4.78 is 38.8. The summed E-state index contributed by atoms with van der Waals surface area (Å²) in [5.74, 6) is 0.636. The first-order valence-electron chi connectivity index (χ1n) is 10.7. The Morgan fingerprint density at radius 3 is 2.55 bits per heavy atom. The fraction of sp³-hybridized carbons (Fsp3) is 0.348. The molecule has 1 saturated carbocycles. The van der Waals surface area contributed by atoms with Gasteiger partial charge < -0.3 is 10.6 Å². The van der Waals surface area contributed by atoms with Crippen molar-refractivity contribution in [3.8, 4) is 11.1 Å². The highest BCUT2D eigenvalue weighted by molar-refractivity contribution is 6.32. The molecule has 3 N–H and O–H groups in total. The van der Waals surface area contributed by atoms with Gasteiger partial charge in [0.2, 0.25) is 0 Å². The third kappa shape index (κ3) is 5.65. The Hall–Kier alpha value is -3.07. The molecule has 33 heavy (non-hydrogen) atoms. The molecule has 2 heterocycles. The second-order valence-electron chi connectivity index (χ2n) is 8.16. The molecule has 1 aliphatic carbocycles. The number of amides is 1. The van der Waals surface area contributed by atoms with Crippen molar-refractivity contribution in [2.75, 3.05) is 11.9 Å². The Balaban J connectivity index is 1.29. The van der Waals surface area contributed by atoms with Crippen LogP contribution in [-0.4, -0.2) is 33.7 Å². The predicted octanol–water partition coefficient (Wildman–Crippen LogP) is 5.54. The summed E-state index contributed by atoms with van der Waals surface area (Å²) in [5.41, 5.74) is 0.814. The standard InChI is InChI=1S/C23H23ClF3N5O/c24-20-18(10-16(12-28-20)23(25,26)27)22(33)31-17-8-6-14(7-9-17)11-29-21-19(13-30-32-21)15-4-2-1-3-5-15/h1-5,10,12-14,17H,6-9,11H2,(H,31,33)(H2,29,30,32). The van der Waals surface area contributed by atoms with Crippen LogP contribution in [0.5, 0.6) is 0 Å². The van der Waals surface area contributed by atoms with Crippen LogP contribution < -0.4 is 10.6 Å². The van der Waals surface area contributed by atoms with Gasteiger partial charge in [0.25, 0.3) is 5.91 Å². The third-order valence-electron chi connectivity index (χ3n) is 5.88. The lowest BCUT2D eigenvalue weighted by atomic mass is 9.86. The number of hydrogen-bond donors (Lipinski definition) is 3. The number of carbonyl (C=O) groups is 1. The van der Waals surface area contributed by atoms with Crippen molar-refractivity contribution in [1.82, 2.24) is 20.5 Å². The summed E-state index contributed by atoms with van der Waals surface area (Å²) in [5, 5.41) is 13.1. The molecule has 6 nitrogen and oxygen atoms in total. The molecule has 0 spiro atoms. The average Bonchev–Trinajstić information content (AvgIpc) is 3.27. The van der Waals surface area contributed by atoms with Crippen LogP contribution in [0.25, 0.3) is 11.1 Å². The van der Waals surface area contributed by atoms with Gasteiger partial charge in [0.15, 0.2) is 0 Å². The topological polar surface area (TPSA) is 82.7 Å². The number of nitrogens with one attached hydrogen (secondary N) is 3. The monoisotopic (exact) mass is 477 g/mol. The minimum atomic E-state index is -4.59. The van der Waals surface area contributed by atoms with Gasteiger partial charge in [-0.15, -0.1) is 0 Å². The fourth-order valence-electron chi connectivity index (χ4n) is 4.04. The van der Waals surface area contributed by atoms with Crippen molar-refractivity contribution in [2.45, 2.75) is 37.9 Å². The van der Waals surface area contributed by atoms with E-state index in [1.165, 1.54) is 0 Å². The maximum absolute atomic E-state index is 12.9. The molecule has 0 atom stereocenters. The van der Waals surface area contributed by atoms with E-state index in [0.29, 0.717) is 12.1 Å². The summed E-state index contributed by atoms with van der Waals surface area (Å²) in [7, 11) is 0. The number of H-pyrrole nitrogens is 1. The number of anilines is 1. The van der Waals surface area contributed by atoms with Gasteiger partial charge in [-0.2, -0.15) is 18.3 Å². The normalized spacial score (nSPS) is 18.7. The highest BCUT2D eigenvalue weighted by Gasteiger charge is 2.33. The lowest BCUT2D eigenvalue weighted by Crippen LogP contribution is -2.38. The van der Waals surface area contributed by atoms with E-state index in [0.717, 1.165) is 55.2 Å². The van der Waals surface area contributed by atoms with Crippen molar-refractivity contribution in [3.05, 3.63) is 65.1 Å². The van der Waals surface area contributed by atoms with E-state index < -0.39 is 17.6 Å². The van der Waals surface area contributed by atoms with Crippen LogP contribution >= 0.6 is 11.6 Å². The van der Waals surface area contributed by atoms with Crippen molar-refractivity contribution in [2.24, 2.45) is 5.92 Å². The number of halogens is 4. The summed E-state index contributed by atoms with van der Waals surface area (Å²) >= 11 is 5.87. The van der Waals surface area contributed by atoms with Gasteiger partial charge >= 0.3 is 6.18 Å². The number of hydrogen-bond acceptors (Lipinski definition) is 4. The van der Waals surface area contributed by atoms with Crippen LogP contribution in [0.1, 0.15) is 41.6 Å². The molecule has 1 aliphatic rings. The third-order valence-corrected chi connectivity index (χ3v) is 6.19. The van der Waals surface area contributed by atoms with E-state index >= 15 is 0 Å². The van der Waals surface area contributed by atoms with Crippen LogP contribution in [0.4, 0.5) is 19.0 Å². The molecule has 2 aromatic heterocycles. The molecule has 3 aromatic rings. The van der Waals surface area contributed by atoms with E-state index in [1.54, 1.807) is 6.20 Å². The minimum absolute atomic E-state index is 0.119. The molecule has 4 rings (SSSR count). The summed E-state index contributed by atoms with van der Waals surface area (Å²) in [6, 6.07) is 10.6. The van der Waals surface area contributed by atoms with Crippen molar-refractivity contribution >= 4 is 23.3 Å². The Kier molecular flexibility index (Phi) is 6.88. The highest BCUT2D eigenvalue weighted by atomic mass is 35.5. The number of rotatable bonds is 6. The van der Waals surface area contributed by atoms with Crippen LogP contribution in [0.2, 0.25) is 5.15 Å². The number of aromatic nitrogens is 3. The molecule has 10 heteroatoms. The maximum Gasteiger partial charge on any atom is 0.417 e.